The first kappa shape index (κ1) is 20.1. The van der Waals surface area contributed by atoms with Gasteiger partial charge >= 0.3 is 5.97 Å². The second-order valence-electron chi connectivity index (χ2n) is 5.99. The number of carbonyl (C=O) groups is 2. The number of rotatable bonds is 8. The molecule has 28 heavy (non-hydrogen) atoms. The molecule has 146 valence electrons. The topological polar surface area (TPSA) is 77.5 Å². The second-order valence-corrected chi connectivity index (χ2v) is 7.51. The minimum absolute atomic E-state index is 0.234. The number of nitrogens with zero attached hydrogens (tertiary/aromatic N) is 1. The number of esters is 1. The van der Waals surface area contributed by atoms with E-state index in [0.29, 0.717) is 29.3 Å². The monoisotopic (exact) mass is 418 g/mol. The quantitative estimate of drug-likeness (QED) is 0.546. The third kappa shape index (κ3) is 5.43. The van der Waals surface area contributed by atoms with Gasteiger partial charge in [0.2, 0.25) is 0 Å². The van der Waals surface area contributed by atoms with E-state index in [1.165, 1.54) is 7.11 Å². The van der Waals surface area contributed by atoms with E-state index in [9.17, 15) is 9.59 Å². The van der Waals surface area contributed by atoms with Gasteiger partial charge in [0.15, 0.2) is 6.61 Å². The molecule has 0 atom stereocenters. The lowest BCUT2D eigenvalue weighted by Crippen LogP contribution is -2.20. The first-order valence-electron chi connectivity index (χ1n) is 8.68. The molecule has 8 heteroatoms. The molecule has 0 bridgehead atoms. The summed E-state index contributed by atoms with van der Waals surface area (Å²) in [6, 6.07) is 12.8. The van der Waals surface area contributed by atoms with E-state index in [4.69, 9.17) is 21.1 Å². The van der Waals surface area contributed by atoms with Crippen LogP contribution in [0.3, 0.4) is 0 Å². The number of carbonyl (C=O) groups excluding carboxylic acids is 2. The van der Waals surface area contributed by atoms with Crippen molar-refractivity contribution in [1.82, 2.24) is 4.98 Å². The summed E-state index contributed by atoms with van der Waals surface area (Å²) >= 11 is 7.63. The zero-order valence-electron chi connectivity index (χ0n) is 15.2. The van der Waals surface area contributed by atoms with Crippen molar-refractivity contribution in [3.05, 3.63) is 52.5 Å². The van der Waals surface area contributed by atoms with Gasteiger partial charge in [-0.1, -0.05) is 23.7 Å². The summed E-state index contributed by atoms with van der Waals surface area (Å²) in [4.78, 5) is 28.3. The molecule has 2 aromatic carbocycles. The number of hydrogen-bond acceptors (Lipinski definition) is 6. The lowest BCUT2D eigenvalue weighted by atomic mass is 10.2. The summed E-state index contributed by atoms with van der Waals surface area (Å²) in [6.07, 6.45) is 1.55. The number of thiazole rings is 1. The van der Waals surface area contributed by atoms with Crippen molar-refractivity contribution in [1.29, 1.82) is 0 Å². The van der Waals surface area contributed by atoms with Crippen molar-refractivity contribution in [2.75, 3.05) is 19.0 Å². The molecule has 0 fully saturated rings. The van der Waals surface area contributed by atoms with Crippen LogP contribution in [0.4, 0.5) is 5.69 Å². The maximum absolute atomic E-state index is 11.9. The van der Waals surface area contributed by atoms with Gasteiger partial charge in [-0.15, -0.1) is 11.3 Å². The van der Waals surface area contributed by atoms with Crippen molar-refractivity contribution < 1.29 is 19.1 Å². The molecule has 0 saturated heterocycles. The van der Waals surface area contributed by atoms with Gasteiger partial charge in [0.05, 0.1) is 27.4 Å². The number of methoxy groups -OCH3 is 1. The third-order valence-corrected chi connectivity index (χ3v) is 5.30. The van der Waals surface area contributed by atoms with Crippen molar-refractivity contribution in [3.63, 3.8) is 0 Å². The van der Waals surface area contributed by atoms with Crippen LogP contribution in [0.2, 0.25) is 5.02 Å². The highest BCUT2D eigenvalue weighted by Crippen LogP contribution is 2.27. The number of aryl methyl sites for hydroxylation is 1. The summed E-state index contributed by atoms with van der Waals surface area (Å²) < 4.78 is 11.2. The number of hydrogen-bond donors (Lipinski definition) is 1. The maximum Gasteiger partial charge on any atom is 0.306 e. The van der Waals surface area contributed by atoms with Crippen LogP contribution in [0, 0.1) is 0 Å². The van der Waals surface area contributed by atoms with Crippen molar-refractivity contribution in [3.8, 4) is 5.75 Å². The number of para-hydroxylation sites is 1. The number of benzene rings is 2. The summed E-state index contributed by atoms with van der Waals surface area (Å²) in [5.41, 5.74) is 1.48. The average Bonchev–Trinajstić information content (AvgIpc) is 3.09. The Morgan fingerprint density at radius 3 is 2.79 bits per heavy atom. The molecule has 0 aliphatic rings. The fraction of sp³-hybridized carbons (Fsp3) is 0.250. The Bertz CT molecular complexity index is 956. The minimum atomic E-state index is -0.430. The van der Waals surface area contributed by atoms with E-state index in [0.717, 1.165) is 15.2 Å². The predicted molar refractivity (Wildman–Crippen MR) is 110 cm³/mol. The fourth-order valence-electron chi connectivity index (χ4n) is 2.57. The highest BCUT2D eigenvalue weighted by molar-refractivity contribution is 7.18. The van der Waals surface area contributed by atoms with E-state index in [1.54, 1.807) is 29.5 Å². The number of fused-ring (bicyclic) bond motifs is 1. The zero-order chi connectivity index (χ0) is 19.9. The molecule has 1 heterocycles. The molecule has 1 amide bonds. The van der Waals surface area contributed by atoms with E-state index in [-0.39, 0.29) is 13.0 Å². The molecule has 0 saturated carbocycles. The van der Waals surface area contributed by atoms with Crippen LogP contribution in [0.5, 0.6) is 5.75 Å². The largest absolute Gasteiger partial charge is 0.495 e. The summed E-state index contributed by atoms with van der Waals surface area (Å²) in [5.74, 6) is -0.330. The van der Waals surface area contributed by atoms with Gasteiger partial charge in [-0.05, 0) is 43.2 Å². The molecular formula is C20H19ClN2O4S. The van der Waals surface area contributed by atoms with Crippen LogP contribution in [-0.4, -0.2) is 30.6 Å². The van der Waals surface area contributed by atoms with Gasteiger partial charge < -0.3 is 14.8 Å². The lowest BCUT2D eigenvalue weighted by molar-refractivity contribution is -0.147. The van der Waals surface area contributed by atoms with Gasteiger partial charge in [-0.3, -0.25) is 9.59 Å². The first-order chi connectivity index (χ1) is 13.5. The SMILES string of the molecule is COc1ccc(NC(=O)COC(=O)CCCc2nc3ccccc3s2)cc1Cl. The second kappa shape index (κ2) is 9.52. The molecule has 0 aliphatic heterocycles. The average molecular weight is 419 g/mol. The minimum Gasteiger partial charge on any atom is -0.495 e. The number of aromatic nitrogens is 1. The molecule has 0 unspecified atom stereocenters. The van der Waals surface area contributed by atoms with Crippen LogP contribution in [0.15, 0.2) is 42.5 Å². The highest BCUT2D eigenvalue weighted by atomic mass is 35.5. The Balaban J connectivity index is 1.38. The molecule has 1 N–H and O–H groups in total. The number of anilines is 1. The molecule has 0 radical (unpaired) electrons. The van der Waals surface area contributed by atoms with Crippen LogP contribution in [0.25, 0.3) is 10.2 Å². The van der Waals surface area contributed by atoms with Crippen molar-refractivity contribution in [2.24, 2.45) is 0 Å². The normalized spacial score (nSPS) is 10.6. The summed E-state index contributed by atoms with van der Waals surface area (Å²) in [6.45, 7) is -0.344. The van der Waals surface area contributed by atoms with E-state index in [1.807, 2.05) is 24.3 Å². The Kier molecular flexibility index (Phi) is 6.84. The highest BCUT2D eigenvalue weighted by Gasteiger charge is 2.10. The van der Waals surface area contributed by atoms with E-state index in [2.05, 4.69) is 10.3 Å². The van der Waals surface area contributed by atoms with Crippen molar-refractivity contribution in [2.45, 2.75) is 19.3 Å². The molecule has 1 aromatic heterocycles. The number of nitrogens with one attached hydrogen (secondary N) is 1. The molecule has 6 nitrogen and oxygen atoms in total. The first-order valence-corrected chi connectivity index (χ1v) is 9.88. The number of amides is 1. The Morgan fingerprint density at radius 1 is 1.21 bits per heavy atom. The van der Waals surface area contributed by atoms with Crippen LogP contribution < -0.4 is 10.1 Å². The van der Waals surface area contributed by atoms with Gasteiger partial charge in [0.1, 0.15) is 5.75 Å². The lowest BCUT2D eigenvalue weighted by Gasteiger charge is -2.08. The smallest absolute Gasteiger partial charge is 0.306 e. The third-order valence-electron chi connectivity index (χ3n) is 3.91. The Morgan fingerprint density at radius 2 is 2.04 bits per heavy atom. The fourth-order valence-corrected chi connectivity index (χ4v) is 3.84. The molecular weight excluding hydrogens is 400 g/mol. The van der Waals surface area contributed by atoms with Crippen LogP contribution >= 0.6 is 22.9 Å². The van der Waals surface area contributed by atoms with Crippen molar-refractivity contribution >= 4 is 50.7 Å². The molecule has 0 aliphatic carbocycles. The maximum atomic E-state index is 11.9. The van der Waals surface area contributed by atoms with Crippen LogP contribution in [0.1, 0.15) is 17.8 Å². The van der Waals surface area contributed by atoms with E-state index < -0.39 is 11.9 Å². The van der Waals surface area contributed by atoms with Gasteiger partial charge in [-0.25, -0.2) is 4.98 Å². The van der Waals surface area contributed by atoms with Crippen LogP contribution in [-0.2, 0) is 20.7 Å². The predicted octanol–water partition coefficient (Wildman–Crippen LogP) is 4.46. The zero-order valence-corrected chi connectivity index (χ0v) is 16.8. The molecule has 0 spiro atoms. The summed E-state index contributed by atoms with van der Waals surface area (Å²) in [7, 11) is 1.51. The van der Waals surface area contributed by atoms with Gasteiger partial charge in [0.25, 0.3) is 5.91 Å². The van der Waals surface area contributed by atoms with Gasteiger partial charge in [0, 0.05) is 12.1 Å². The number of halogens is 1. The molecule has 3 aromatic rings. The number of ether oxygens (including phenoxy) is 2. The van der Waals surface area contributed by atoms with E-state index >= 15 is 0 Å². The summed E-state index contributed by atoms with van der Waals surface area (Å²) in [5, 5.41) is 3.99. The van der Waals surface area contributed by atoms with Gasteiger partial charge in [-0.2, -0.15) is 0 Å². The standard InChI is InChI=1S/C20H19ClN2O4S/c1-26-16-10-9-13(11-14(16)21)22-18(24)12-27-20(25)8-4-7-19-23-15-5-2-3-6-17(15)28-19/h2-3,5-6,9-11H,4,7-8,12H2,1H3,(H,22,24). The molecule has 3 rings (SSSR count). The Labute approximate surface area is 171 Å². The Hall–Kier alpha value is -2.64.